The van der Waals surface area contributed by atoms with E-state index in [9.17, 15) is 13.2 Å². The molecule has 0 bridgehead atoms. The fraction of sp³-hybridized carbons (Fsp3) is 0.167. The molecular formula is C12H9BrN2O3S. The Kier molecular flexibility index (Phi) is 2.83. The number of nitrogens with zero attached hydrogens (tertiary/aromatic N) is 2. The Hall–Kier alpha value is -1.47. The standard InChI is InChI=1S/C12H9BrN2O3S/c13-12-9-3-4-11(16)10(9)7-15(12)19(17,18)8-2-1-5-14-6-8/h1-2,5-7H,3-4H2. The summed E-state index contributed by atoms with van der Waals surface area (Å²) in [7, 11) is -3.72. The maximum Gasteiger partial charge on any atom is 0.270 e. The largest absolute Gasteiger partial charge is 0.294 e. The van der Waals surface area contributed by atoms with Gasteiger partial charge in [-0.15, -0.1) is 0 Å². The fourth-order valence-corrected chi connectivity index (χ4v) is 4.46. The van der Waals surface area contributed by atoms with Gasteiger partial charge in [-0.05, 0) is 40.0 Å². The summed E-state index contributed by atoms with van der Waals surface area (Å²) < 4.78 is 26.4. The summed E-state index contributed by atoms with van der Waals surface area (Å²) in [5.41, 5.74) is 1.25. The average molecular weight is 341 g/mol. The molecule has 0 spiro atoms. The minimum atomic E-state index is -3.72. The highest BCUT2D eigenvalue weighted by Crippen LogP contribution is 2.33. The van der Waals surface area contributed by atoms with Crippen LogP contribution in [0.15, 0.2) is 40.2 Å². The van der Waals surface area contributed by atoms with E-state index >= 15 is 0 Å². The summed E-state index contributed by atoms with van der Waals surface area (Å²) in [4.78, 5) is 15.6. The maximum atomic E-state index is 12.4. The maximum absolute atomic E-state index is 12.4. The summed E-state index contributed by atoms with van der Waals surface area (Å²) >= 11 is 3.27. The molecule has 19 heavy (non-hydrogen) atoms. The van der Waals surface area contributed by atoms with E-state index in [2.05, 4.69) is 20.9 Å². The summed E-state index contributed by atoms with van der Waals surface area (Å²) in [6, 6.07) is 3.03. The molecular weight excluding hydrogens is 332 g/mol. The van der Waals surface area contributed by atoms with E-state index < -0.39 is 10.0 Å². The van der Waals surface area contributed by atoms with Crippen LogP contribution in [0, 0.1) is 0 Å². The predicted molar refractivity (Wildman–Crippen MR) is 71.6 cm³/mol. The van der Waals surface area contributed by atoms with Gasteiger partial charge in [0, 0.05) is 30.6 Å². The lowest BCUT2D eigenvalue weighted by molar-refractivity contribution is 0.0994. The fourth-order valence-electron chi connectivity index (χ4n) is 2.14. The van der Waals surface area contributed by atoms with Crippen LogP contribution >= 0.6 is 15.9 Å². The van der Waals surface area contributed by atoms with Gasteiger partial charge in [-0.1, -0.05) is 0 Å². The molecule has 0 aliphatic heterocycles. The van der Waals surface area contributed by atoms with Gasteiger partial charge in [0.15, 0.2) is 5.78 Å². The Labute approximate surface area is 118 Å². The van der Waals surface area contributed by atoms with Crippen LogP contribution in [0.3, 0.4) is 0 Å². The van der Waals surface area contributed by atoms with E-state index in [4.69, 9.17) is 0 Å². The molecule has 2 aromatic heterocycles. The first kappa shape index (κ1) is 12.6. The first-order chi connectivity index (χ1) is 9.01. The number of hydrogen-bond donors (Lipinski definition) is 0. The molecule has 0 unspecified atom stereocenters. The first-order valence-corrected chi connectivity index (χ1v) is 7.83. The van der Waals surface area contributed by atoms with Gasteiger partial charge < -0.3 is 0 Å². The highest BCUT2D eigenvalue weighted by Gasteiger charge is 2.30. The molecule has 5 nitrogen and oxygen atoms in total. The van der Waals surface area contributed by atoms with E-state index in [-0.39, 0.29) is 10.7 Å². The second-order valence-corrected chi connectivity index (χ2v) is 6.79. The number of pyridine rings is 1. The Morgan fingerprint density at radius 2 is 2.11 bits per heavy atom. The van der Waals surface area contributed by atoms with Crippen LogP contribution in [0.2, 0.25) is 0 Å². The molecule has 0 amide bonds. The number of Topliss-reactive ketones (excluding diaryl/α,β-unsaturated/α-hetero) is 1. The van der Waals surface area contributed by atoms with Gasteiger partial charge in [-0.3, -0.25) is 9.78 Å². The number of halogens is 1. The molecule has 0 atom stereocenters. The van der Waals surface area contributed by atoms with Crippen molar-refractivity contribution in [3.63, 3.8) is 0 Å². The molecule has 0 aromatic carbocycles. The molecule has 1 aliphatic rings. The third-order valence-electron chi connectivity index (χ3n) is 3.11. The van der Waals surface area contributed by atoms with Crippen molar-refractivity contribution in [2.75, 3.05) is 0 Å². The second-order valence-electron chi connectivity index (χ2n) is 4.22. The molecule has 98 valence electrons. The molecule has 0 radical (unpaired) electrons. The molecule has 0 N–H and O–H groups in total. The van der Waals surface area contributed by atoms with Crippen molar-refractivity contribution in [3.8, 4) is 0 Å². The number of hydrogen-bond acceptors (Lipinski definition) is 4. The van der Waals surface area contributed by atoms with Gasteiger partial charge >= 0.3 is 0 Å². The van der Waals surface area contributed by atoms with Crippen LogP contribution in [0.5, 0.6) is 0 Å². The minimum absolute atomic E-state index is 0.0177. The SMILES string of the molecule is O=C1CCc2c1cn(S(=O)(=O)c1cccnc1)c2Br. The average Bonchev–Trinajstić information content (AvgIpc) is 2.93. The van der Waals surface area contributed by atoms with Crippen molar-refractivity contribution in [1.29, 1.82) is 0 Å². The van der Waals surface area contributed by atoms with Gasteiger partial charge in [-0.25, -0.2) is 12.4 Å². The summed E-state index contributed by atoms with van der Waals surface area (Å²) in [5, 5.41) is 0. The Morgan fingerprint density at radius 1 is 1.32 bits per heavy atom. The minimum Gasteiger partial charge on any atom is -0.294 e. The molecule has 3 rings (SSSR count). The number of aromatic nitrogens is 2. The van der Waals surface area contributed by atoms with Gasteiger partial charge in [0.2, 0.25) is 0 Å². The molecule has 2 heterocycles. The Balaban J connectivity index is 2.19. The van der Waals surface area contributed by atoms with Crippen LogP contribution in [0.1, 0.15) is 22.3 Å². The Morgan fingerprint density at radius 3 is 2.74 bits per heavy atom. The van der Waals surface area contributed by atoms with Crippen molar-refractivity contribution in [2.45, 2.75) is 17.7 Å². The van der Waals surface area contributed by atoms with Gasteiger partial charge in [-0.2, -0.15) is 0 Å². The molecule has 0 saturated carbocycles. The van der Waals surface area contributed by atoms with E-state index in [1.165, 1.54) is 24.7 Å². The number of carbonyl (C=O) groups excluding carboxylic acids is 1. The number of ketones is 1. The normalized spacial score (nSPS) is 14.7. The molecule has 0 fully saturated rings. The first-order valence-electron chi connectivity index (χ1n) is 5.60. The zero-order valence-electron chi connectivity index (χ0n) is 9.71. The summed E-state index contributed by atoms with van der Waals surface area (Å²) in [6.45, 7) is 0. The van der Waals surface area contributed by atoms with E-state index in [0.29, 0.717) is 23.0 Å². The molecule has 2 aromatic rings. The summed E-state index contributed by atoms with van der Waals surface area (Å²) in [6.07, 6.45) is 5.19. The Bertz CT molecular complexity index is 766. The number of carbonyl (C=O) groups is 1. The highest BCUT2D eigenvalue weighted by molar-refractivity contribution is 9.10. The molecule has 1 aliphatic carbocycles. The lowest BCUT2D eigenvalue weighted by Crippen LogP contribution is -2.13. The zero-order valence-corrected chi connectivity index (χ0v) is 12.1. The zero-order chi connectivity index (χ0) is 13.6. The summed E-state index contributed by atoms with van der Waals surface area (Å²) in [5.74, 6) is -0.0177. The quantitative estimate of drug-likeness (QED) is 0.838. The van der Waals surface area contributed by atoms with Crippen LogP contribution < -0.4 is 0 Å². The third kappa shape index (κ3) is 1.84. The monoisotopic (exact) mass is 340 g/mol. The topological polar surface area (TPSA) is 69.0 Å². The van der Waals surface area contributed by atoms with Crippen molar-refractivity contribution < 1.29 is 13.2 Å². The third-order valence-corrected chi connectivity index (χ3v) is 5.85. The number of rotatable bonds is 2. The van der Waals surface area contributed by atoms with Crippen LogP contribution in [0.4, 0.5) is 0 Å². The van der Waals surface area contributed by atoms with Crippen molar-refractivity contribution in [1.82, 2.24) is 8.96 Å². The van der Waals surface area contributed by atoms with Gasteiger partial charge in [0.1, 0.15) is 9.50 Å². The lowest BCUT2D eigenvalue weighted by atomic mass is 10.2. The van der Waals surface area contributed by atoms with Crippen molar-refractivity contribution in [2.24, 2.45) is 0 Å². The van der Waals surface area contributed by atoms with Gasteiger partial charge in [0.25, 0.3) is 10.0 Å². The smallest absolute Gasteiger partial charge is 0.270 e. The predicted octanol–water partition coefficient (Wildman–Crippen LogP) is 2.01. The molecule has 7 heteroatoms. The van der Waals surface area contributed by atoms with Crippen molar-refractivity contribution >= 4 is 31.7 Å². The highest BCUT2D eigenvalue weighted by atomic mass is 79.9. The van der Waals surface area contributed by atoms with E-state index in [0.717, 1.165) is 9.54 Å². The number of fused-ring (bicyclic) bond motifs is 1. The van der Waals surface area contributed by atoms with Crippen LogP contribution in [0.25, 0.3) is 0 Å². The lowest BCUT2D eigenvalue weighted by Gasteiger charge is -2.07. The van der Waals surface area contributed by atoms with Crippen LogP contribution in [-0.2, 0) is 16.4 Å². The van der Waals surface area contributed by atoms with Crippen LogP contribution in [-0.4, -0.2) is 23.2 Å². The second kappa shape index (κ2) is 4.28. The van der Waals surface area contributed by atoms with Gasteiger partial charge in [0.05, 0.1) is 0 Å². The van der Waals surface area contributed by atoms with Crippen molar-refractivity contribution in [3.05, 3.63) is 46.5 Å². The van der Waals surface area contributed by atoms with E-state index in [1.54, 1.807) is 6.07 Å². The van der Waals surface area contributed by atoms with E-state index in [1.807, 2.05) is 0 Å². The molecule has 0 saturated heterocycles.